The summed E-state index contributed by atoms with van der Waals surface area (Å²) in [5, 5.41) is 6.92. The number of aryl methyl sites for hydroxylation is 1. The molecule has 0 aliphatic carbocycles. The predicted octanol–water partition coefficient (Wildman–Crippen LogP) is 9.15. The summed E-state index contributed by atoms with van der Waals surface area (Å²) in [6.07, 6.45) is 3.54. The van der Waals surface area contributed by atoms with E-state index >= 15 is 0 Å². The molecule has 2 aromatic carbocycles. The largest absolute Gasteiger partial charge is 0.439 e. The molecule has 3 N–H and O–H groups in total. The second-order valence-corrected chi connectivity index (χ2v) is 7.05. The van der Waals surface area contributed by atoms with E-state index in [1.54, 1.807) is 0 Å². The first-order chi connectivity index (χ1) is 17.5. The van der Waals surface area contributed by atoms with Crippen molar-refractivity contribution >= 4 is 17.7 Å². The first kappa shape index (κ1) is 34.8. The average molecular weight is 495 g/mol. The summed E-state index contributed by atoms with van der Waals surface area (Å²) in [5.74, 6) is 1.78. The normalized spacial score (nSPS) is 8.81. The van der Waals surface area contributed by atoms with Gasteiger partial charge in [0.1, 0.15) is 11.6 Å². The Hall–Kier alpha value is -3.34. The van der Waals surface area contributed by atoms with E-state index in [0.29, 0.717) is 11.7 Å². The molecule has 0 atom stereocenters. The predicted molar refractivity (Wildman–Crippen MR) is 161 cm³/mol. The summed E-state index contributed by atoms with van der Waals surface area (Å²) in [6, 6.07) is 21.4. The lowest BCUT2D eigenvalue weighted by molar-refractivity contribution is 0.463. The number of rotatable bonds is 8. The van der Waals surface area contributed by atoms with Crippen molar-refractivity contribution in [1.82, 2.24) is 4.98 Å². The highest BCUT2D eigenvalue weighted by Crippen LogP contribution is 2.26. The van der Waals surface area contributed by atoms with Crippen LogP contribution < -0.4 is 15.4 Å². The van der Waals surface area contributed by atoms with Crippen LogP contribution >= 0.6 is 0 Å². The fourth-order valence-electron chi connectivity index (χ4n) is 3.03. The third kappa shape index (κ3) is 14.8. The number of nitrogens with one attached hydrogen (secondary N) is 1. The zero-order valence-electron chi connectivity index (χ0n) is 24.1. The van der Waals surface area contributed by atoms with Crippen LogP contribution in [0.3, 0.4) is 0 Å². The van der Waals surface area contributed by atoms with Crippen molar-refractivity contribution in [2.45, 2.75) is 75.2 Å². The minimum absolute atomic E-state index is 0.482. The lowest BCUT2D eigenvalue weighted by Gasteiger charge is -2.24. The molecule has 0 unspecified atom stereocenters. The second-order valence-electron chi connectivity index (χ2n) is 7.05. The van der Waals surface area contributed by atoms with Crippen LogP contribution in [0.25, 0.3) is 0 Å². The zero-order chi connectivity index (χ0) is 27.8. The Morgan fingerprint density at radius 2 is 1.42 bits per heavy atom. The maximum Gasteiger partial charge on any atom is 0.223 e. The van der Waals surface area contributed by atoms with Gasteiger partial charge in [-0.15, -0.1) is 0 Å². The summed E-state index contributed by atoms with van der Waals surface area (Å²) >= 11 is 0. The van der Waals surface area contributed by atoms with Gasteiger partial charge in [-0.1, -0.05) is 103 Å². The summed E-state index contributed by atoms with van der Waals surface area (Å²) in [7, 11) is 0. The number of hydrogen-bond acceptors (Lipinski definition) is 5. The van der Waals surface area contributed by atoms with E-state index in [-0.39, 0.29) is 0 Å². The van der Waals surface area contributed by atoms with Crippen molar-refractivity contribution in [3.8, 4) is 11.6 Å². The number of para-hydroxylation sites is 1. The summed E-state index contributed by atoms with van der Waals surface area (Å²) in [4.78, 5) is 6.58. The molecule has 0 fully saturated rings. The second kappa shape index (κ2) is 23.4. The molecule has 1 heterocycles. The number of nitrogens with zero attached hydrogens (tertiary/aromatic N) is 2. The SMILES string of the molecule is CC.CC.CC.CCCN(CCC)c1cc(N)nc(Oc2ccccc2)c1.Cc1cccc(C=N)c1. The van der Waals surface area contributed by atoms with Crippen LogP contribution in [0.1, 0.15) is 79.4 Å². The lowest BCUT2D eigenvalue weighted by Crippen LogP contribution is -2.25. The number of aromatic nitrogens is 1. The van der Waals surface area contributed by atoms with Gasteiger partial charge >= 0.3 is 0 Å². The molecule has 200 valence electrons. The van der Waals surface area contributed by atoms with Crippen LogP contribution in [0.4, 0.5) is 11.5 Å². The van der Waals surface area contributed by atoms with Crippen LogP contribution in [0, 0.1) is 12.3 Å². The van der Waals surface area contributed by atoms with Crippen LogP contribution in [0.2, 0.25) is 0 Å². The first-order valence-electron chi connectivity index (χ1n) is 13.4. The average Bonchev–Trinajstić information content (AvgIpc) is 2.92. The van der Waals surface area contributed by atoms with E-state index in [9.17, 15) is 0 Å². The number of benzene rings is 2. The number of pyridine rings is 1. The Kier molecular flexibility index (Phi) is 22.6. The first-order valence-corrected chi connectivity index (χ1v) is 13.4. The molecule has 3 rings (SSSR count). The van der Waals surface area contributed by atoms with Crippen LogP contribution in [0.15, 0.2) is 66.7 Å². The number of ether oxygens (including phenoxy) is 1. The topological polar surface area (TPSA) is 75.2 Å². The van der Waals surface area contributed by atoms with Gasteiger partial charge < -0.3 is 20.8 Å². The van der Waals surface area contributed by atoms with E-state index in [0.717, 1.165) is 42.9 Å². The van der Waals surface area contributed by atoms with Crippen molar-refractivity contribution in [2.24, 2.45) is 0 Å². The number of anilines is 2. The lowest BCUT2D eigenvalue weighted by atomic mass is 10.2. The minimum Gasteiger partial charge on any atom is -0.439 e. The molecule has 3 aromatic rings. The van der Waals surface area contributed by atoms with E-state index < -0.39 is 0 Å². The highest BCUT2D eigenvalue weighted by Gasteiger charge is 2.09. The minimum atomic E-state index is 0.482. The molecule has 0 aliphatic heterocycles. The number of nitrogen functional groups attached to an aromatic ring is 1. The molecule has 36 heavy (non-hydrogen) atoms. The molecule has 0 amide bonds. The number of hydrogen-bond donors (Lipinski definition) is 2. The Balaban J connectivity index is 0. The fourth-order valence-corrected chi connectivity index (χ4v) is 3.03. The van der Waals surface area contributed by atoms with Crippen molar-refractivity contribution < 1.29 is 4.74 Å². The van der Waals surface area contributed by atoms with E-state index in [4.69, 9.17) is 15.9 Å². The van der Waals surface area contributed by atoms with E-state index in [1.165, 1.54) is 11.8 Å². The highest BCUT2D eigenvalue weighted by molar-refractivity contribution is 5.76. The van der Waals surface area contributed by atoms with Gasteiger partial charge in [0.25, 0.3) is 0 Å². The quantitative estimate of drug-likeness (QED) is 0.306. The van der Waals surface area contributed by atoms with Gasteiger partial charge in [0.15, 0.2) is 0 Å². The summed E-state index contributed by atoms with van der Waals surface area (Å²) in [5.41, 5.74) is 9.16. The van der Waals surface area contributed by atoms with Crippen molar-refractivity contribution in [3.63, 3.8) is 0 Å². The molecule has 0 saturated heterocycles. The molecule has 0 bridgehead atoms. The molecular formula is C31H50N4O. The maximum absolute atomic E-state index is 6.92. The third-order valence-electron chi connectivity index (χ3n) is 4.33. The van der Waals surface area contributed by atoms with Crippen molar-refractivity contribution in [2.75, 3.05) is 23.7 Å². The molecule has 0 aliphatic rings. The van der Waals surface area contributed by atoms with Crippen molar-refractivity contribution in [3.05, 3.63) is 77.9 Å². The Morgan fingerprint density at radius 3 is 1.89 bits per heavy atom. The molecule has 5 nitrogen and oxygen atoms in total. The monoisotopic (exact) mass is 494 g/mol. The van der Waals surface area contributed by atoms with E-state index in [2.05, 4.69) is 23.7 Å². The molecule has 0 saturated carbocycles. The zero-order valence-corrected chi connectivity index (χ0v) is 24.1. The molecular weight excluding hydrogens is 444 g/mol. The van der Waals surface area contributed by atoms with Gasteiger partial charge in [0.2, 0.25) is 5.88 Å². The maximum atomic E-state index is 6.92. The van der Waals surface area contributed by atoms with Crippen LogP contribution in [-0.2, 0) is 0 Å². The van der Waals surface area contributed by atoms with Gasteiger partial charge in [-0.3, -0.25) is 0 Å². The number of nitrogens with two attached hydrogens (primary N) is 1. The van der Waals surface area contributed by atoms with Gasteiger partial charge in [0.05, 0.1) is 0 Å². The Morgan fingerprint density at radius 1 is 0.833 bits per heavy atom. The van der Waals surface area contributed by atoms with Gasteiger partial charge in [-0.05, 0) is 37.5 Å². The van der Waals surface area contributed by atoms with Gasteiger partial charge in [-0.2, -0.15) is 4.98 Å². The fraction of sp³-hybridized carbons (Fsp3) is 0.419. The van der Waals surface area contributed by atoms with Crippen LogP contribution in [0.5, 0.6) is 11.6 Å². The standard InChI is InChI=1S/C17H23N3O.C8H9N.3C2H6/c1-3-10-20(11-4-2)14-12-16(18)19-17(13-14)21-15-8-6-5-7-9-15;1-7-3-2-4-8(5-7)6-9;3*1-2/h5-9,12-13H,3-4,10-11H2,1-2H3,(H2,18,19);2-6,9H,1H3;3*1-2H3. The molecule has 0 spiro atoms. The summed E-state index contributed by atoms with van der Waals surface area (Å²) in [6.45, 7) is 20.4. The smallest absolute Gasteiger partial charge is 0.223 e. The third-order valence-corrected chi connectivity index (χ3v) is 4.33. The van der Waals surface area contributed by atoms with Crippen LogP contribution in [-0.4, -0.2) is 24.3 Å². The summed E-state index contributed by atoms with van der Waals surface area (Å²) < 4.78 is 5.79. The van der Waals surface area contributed by atoms with Crippen molar-refractivity contribution in [1.29, 1.82) is 5.41 Å². The Labute approximate surface area is 221 Å². The molecule has 1 aromatic heterocycles. The highest BCUT2D eigenvalue weighted by atomic mass is 16.5. The van der Waals surface area contributed by atoms with E-state index in [1.807, 2.05) is 115 Å². The molecule has 0 radical (unpaired) electrons. The Bertz CT molecular complexity index is 907. The molecule has 5 heteroatoms. The van der Waals surface area contributed by atoms with Gasteiger partial charge in [-0.25, -0.2) is 0 Å². The van der Waals surface area contributed by atoms with Gasteiger partial charge in [0, 0.05) is 37.1 Å².